The monoisotopic (exact) mass is 548 g/mol. The lowest BCUT2D eigenvalue weighted by Gasteiger charge is -2.28. The van der Waals surface area contributed by atoms with Crippen LogP contribution < -0.4 is 10.6 Å². The molecule has 0 radical (unpaired) electrons. The Morgan fingerprint density at radius 1 is 0.974 bits per heavy atom. The number of benzene rings is 2. The van der Waals surface area contributed by atoms with E-state index in [1.165, 1.54) is 31.1 Å². The Kier molecular flexibility index (Phi) is 12.9. The van der Waals surface area contributed by atoms with Gasteiger partial charge in [0.15, 0.2) is 12.1 Å². The Morgan fingerprint density at radius 2 is 1.67 bits per heavy atom. The first-order valence-corrected chi connectivity index (χ1v) is 14.5. The maximum atomic E-state index is 11.6. The van der Waals surface area contributed by atoms with E-state index in [9.17, 15) is 14.4 Å². The molecule has 1 aliphatic carbocycles. The minimum absolute atomic E-state index is 0.0784. The molecule has 2 aromatic rings. The van der Waals surface area contributed by atoms with Crippen molar-refractivity contribution in [3.63, 3.8) is 0 Å². The molecule has 4 rings (SSSR count). The van der Waals surface area contributed by atoms with E-state index in [1.807, 2.05) is 39.1 Å². The van der Waals surface area contributed by atoms with Crippen LogP contribution in [-0.2, 0) is 14.3 Å². The van der Waals surface area contributed by atoms with E-state index in [2.05, 4.69) is 47.4 Å². The number of methoxy groups -OCH3 is 1. The van der Waals surface area contributed by atoms with Gasteiger partial charge < -0.3 is 15.4 Å². The van der Waals surface area contributed by atoms with Gasteiger partial charge in [-0.2, -0.15) is 0 Å². The lowest BCUT2D eigenvalue weighted by Crippen LogP contribution is -2.11. The molecule has 0 spiro atoms. The topological polar surface area (TPSA) is 84.5 Å². The Morgan fingerprint density at radius 3 is 2.28 bits per heavy atom. The van der Waals surface area contributed by atoms with Gasteiger partial charge in [0, 0.05) is 23.6 Å². The Hall–Kier alpha value is -3.50. The van der Waals surface area contributed by atoms with Crippen LogP contribution in [0.15, 0.2) is 71.3 Å². The van der Waals surface area contributed by atoms with E-state index < -0.39 is 0 Å². The van der Waals surface area contributed by atoms with Crippen molar-refractivity contribution in [2.45, 2.75) is 59.3 Å². The zero-order valence-electron chi connectivity index (χ0n) is 24.1. The SMILES string of the molecule is CC.CNc1cc(C(C)=O)ccc1Nc1ccc2c(c1)C(C)CCC2C.COC(=O)C1=CC=C(C=O)PC=C1. The Balaban J connectivity index is 0.000000301. The highest BCUT2D eigenvalue weighted by Gasteiger charge is 2.22. The fraction of sp³-hybridized carbons (Fsp3) is 0.344. The quantitative estimate of drug-likeness (QED) is 0.164. The number of ether oxygens (including phenoxy) is 1. The summed E-state index contributed by atoms with van der Waals surface area (Å²) in [4.78, 5) is 33.0. The van der Waals surface area contributed by atoms with Gasteiger partial charge in [0.25, 0.3) is 0 Å². The van der Waals surface area contributed by atoms with E-state index in [4.69, 9.17) is 0 Å². The molecule has 2 N–H and O–H groups in total. The van der Waals surface area contributed by atoms with Crippen LogP contribution in [0.25, 0.3) is 0 Å². The van der Waals surface area contributed by atoms with Gasteiger partial charge in [-0.3, -0.25) is 9.59 Å². The molecule has 0 fully saturated rings. The molecule has 1 heterocycles. The first-order chi connectivity index (χ1) is 18.8. The Labute approximate surface area is 234 Å². The number of carbonyl (C=O) groups is 3. The molecular formula is C32H41N2O4P. The van der Waals surface area contributed by atoms with Crippen molar-refractivity contribution in [2.75, 3.05) is 24.8 Å². The van der Waals surface area contributed by atoms with E-state index in [-0.39, 0.29) is 11.8 Å². The van der Waals surface area contributed by atoms with Crippen LogP contribution in [0.3, 0.4) is 0 Å². The van der Waals surface area contributed by atoms with Crippen LogP contribution in [0.5, 0.6) is 0 Å². The number of carbonyl (C=O) groups excluding carboxylic acids is 3. The summed E-state index contributed by atoms with van der Waals surface area (Å²) in [6, 6.07) is 12.4. The standard InChI is InChI=1S/C21H26N2O.C9H9O3P.C2H6/c1-13-5-6-14(2)19-12-17(8-9-18(13)19)23-20-10-7-16(15(3)24)11-21(20)22-4;1-12-9(11)7-2-3-8(6-10)13-5-4-7;1-2/h7-14,22-23H,5-6H2,1-4H3;2-6,13H,1H3;1-2H3. The van der Waals surface area contributed by atoms with Crippen molar-refractivity contribution in [3.8, 4) is 0 Å². The molecule has 0 saturated carbocycles. The highest BCUT2D eigenvalue weighted by atomic mass is 31.1. The summed E-state index contributed by atoms with van der Waals surface area (Å²) in [5.41, 5.74) is 7.15. The van der Waals surface area contributed by atoms with Gasteiger partial charge in [-0.15, -0.1) is 0 Å². The van der Waals surface area contributed by atoms with Gasteiger partial charge in [0.2, 0.25) is 0 Å². The summed E-state index contributed by atoms with van der Waals surface area (Å²) in [5.74, 6) is 2.74. The van der Waals surface area contributed by atoms with Crippen molar-refractivity contribution in [3.05, 3.63) is 88.0 Å². The molecule has 3 unspecified atom stereocenters. The average Bonchev–Trinajstić information content (AvgIpc) is 3.22. The molecule has 0 saturated heterocycles. The van der Waals surface area contributed by atoms with Crippen LogP contribution in [0.2, 0.25) is 0 Å². The maximum Gasteiger partial charge on any atom is 0.337 e. The summed E-state index contributed by atoms with van der Waals surface area (Å²) >= 11 is 0. The first-order valence-electron chi connectivity index (χ1n) is 13.4. The zero-order valence-corrected chi connectivity index (χ0v) is 25.1. The molecule has 0 amide bonds. The zero-order chi connectivity index (χ0) is 28.9. The van der Waals surface area contributed by atoms with E-state index >= 15 is 0 Å². The largest absolute Gasteiger partial charge is 0.465 e. The number of hydrogen-bond donors (Lipinski definition) is 2. The number of nitrogens with one attached hydrogen (secondary N) is 2. The summed E-state index contributed by atoms with van der Waals surface area (Å²) in [6.45, 7) is 10.2. The maximum absolute atomic E-state index is 11.6. The van der Waals surface area contributed by atoms with Gasteiger partial charge >= 0.3 is 5.97 Å². The fourth-order valence-electron chi connectivity index (χ4n) is 4.41. The lowest BCUT2D eigenvalue weighted by atomic mass is 9.78. The molecule has 39 heavy (non-hydrogen) atoms. The number of aldehydes is 1. The smallest absolute Gasteiger partial charge is 0.337 e. The second kappa shape index (κ2) is 15.8. The molecule has 6 nitrogen and oxygen atoms in total. The van der Waals surface area contributed by atoms with Gasteiger partial charge in [-0.25, -0.2) is 4.79 Å². The summed E-state index contributed by atoms with van der Waals surface area (Å²) in [5, 5.41) is 7.35. The van der Waals surface area contributed by atoms with Crippen molar-refractivity contribution in [2.24, 2.45) is 0 Å². The predicted molar refractivity (Wildman–Crippen MR) is 165 cm³/mol. The van der Waals surface area contributed by atoms with Crippen LogP contribution in [0.1, 0.15) is 80.8 Å². The summed E-state index contributed by atoms with van der Waals surface area (Å²) < 4.78 is 4.54. The fourth-order valence-corrected chi connectivity index (χ4v) is 5.11. The third-order valence-electron chi connectivity index (χ3n) is 6.66. The minimum atomic E-state index is -0.385. The molecule has 0 aromatic heterocycles. The number of rotatable bonds is 6. The second-order valence-electron chi connectivity index (χ2n) is 9.25. The van der Waals surface area contributed by atoms with Crippen molar-refractivity contribution >= 4 is 43.7 Å². The first kappa shape index (κ1) is 31.7. The molecule has 2 aromatic carbocycles. The number of esters is 1. The molecule has 2 aliphatic rings. The third-order valence-corrected chi connectivity index (χ3v) is 7.61. The van der Waals surface area contributed by atoms with E-state index in [0.29, 0.717) is 31.3 Å². The number of anilines is 3. The van der Waals surface area contributed by atoms with Crippen molar-refractivity contribution < 1.29 is 19.1 Å². The van der Waals surface area contributed by atoms with Crippen molar-refractivity contribution in [1.29, 1.82) is 0 Å². The van der Waals surface area contributed by atoms with Gasteiger partial charge in [-0.05, 0) is 85.2 Å². The molecule has 208 valence electrons. The molecule has 1 aliphatic heterocycles. The third kappa shape index (κ3) is 8.76. The van der Waals surface area contributed by atoms with Crippen molar-refractivity contribution in [1.82, 2.24) is 0 Å². The lowest BCUT2D eigenvalue weighted by molar-refractivity contribution is -0.135. The normalized spacial score (nSPS) is 17.9. The molecule has 3 atom stereocenters. The molecule has 7 heteroatoms. The second-order valence-corrected chi connectivity index (χ2v) is 10.4. The minimum Gasteiger partial charge on any atom is -0.465 e. The van der Waals surface area contributed by atoms with Crippen LogP contribution in [0.4, 0.5) is 17.1 Å². The van der Waals surface area contributed by atoms with Gasteiger partial charge in [0.1, 0.15) is 0 Å². The number of Topliss-reactive ketones (excluding diaryl/α,β-unsaturated/α-hetero) is 1. The highest BCUT2D eigenvalue weighted by molar-refractivity contribution is 7.48. The number of fused-ring (bicyclic) bond motifs is 1. The summed E-state index contributed by atoms with van der Waals surface area (Å²) in [6.07, 6.45) is 8.21. The highest BCUT2D eigenvalue weighted by Crippen LogP contribution is 2.40. The number of ketones is 1. The van der Waals surface area contributed by atoms with E-state index in [1.54, 1.807) is 31.0 Å². The molecule has 0 bridgehead atoms. The summed E-state index contributed by atoms with van der Waals surface area (Å²) in [7, 11) is 3.52. The average molecular weight is 549 g/mol. The Bertz CT molecular complexity index is 1260. The predicted octanol–water partition coefficient (Wildman–Crippen LogP) is 8.08. The molecular weight excluding hydrogens is 507 g/mol. The van der Waals surface area contributed by atoms with Gasteiger partial charge in [-0.1, -0.05) is 54.2 Å². The number of allylic oxidation sites excluding steroid dienone is 3. The van der Waals surface area contributed by atoms with Crippen LogP contribution in [-0.4, -0.2) is 32.2 Å². The van der Waals surface area contributed by atoms with Gasteiger partial charge in [0.05, 0.1) is 24.1 Å². The van der Waals surface area contributed by atoms with Crippen LogP contribution >= 0.6 is 8.58 Å². The van der Waals surface area contributed by atoms with E-state index in [0.717, 1.165) is 28.9 Å². The van der Waals surface area contributed by atoms with Crippen LogP contribution in [0, 0.1) is 0 Å². The number of hydrogen-bond acceptors (Lipinski definition) is 6.